The third-order valence-corrected chi connectivity index (χ3v) is 4.95. The minimum atomic E-state index is -0.671. The summed E-state index contributed by atoms with van der Waals surface area (Å²) < 4.78 is 7.32. The second kappa shape index (κ2) is 7.59. The van der Waals surface area contributed by atoms with Crippen LogP contribution in [0.2, 0.25) is 0 Å². The number of rotatable bonds is 2. The number of hydrogen-bond donors (Lipinski definition) is 2. The maximum absolute atomic E-state index is 12.8. The zero-order valence-corrected chi connectivity index (χ0v) is 17.2. The van der Waals surface area contributed by atoms with E-state index in [1.807, 2.05) is 0 Å². The monoisotopic (exact) mass is 437 g/mol. The van der Waals surface area contributed by atoms with E-state index in [2.05, 4.69) is 26.3 Å². The molecule has 0 aliphatic heterocycles. The molecule has 0 bridgehead atoms. The Morgan fingerprint density at radius 2 is 1.93 bits per heavy atom. The molecule has 3 rings (SSSR count). The first-order chi connectivity index (χ1) is 12.6. The Bertz CT molecular complexity index is 864. The minimum Gasteiger partial charge on any atom is -0.442 e. The van der Waals surface area contributed by atoms with Gasteiger partial charge in [-0.1, -0.05) is 15.9 Å². The third kappa shape index (κ3) is 4.68. The summed E-state index contributed by atoms with van der Waals surface area (Å²) in [7, 11) is 0. The Balaban J connectivity index is 1.91. The van der Waals surface area contributed by atoms with Crippen molar-refractivity contribution in [2.75, 3.05) is 0 Å². The second-order valence-electron chi connectivity index (χ2n) is 7.88. The number of nitrogens with zero attached hydrogens (tertiary/aromatic N) is 2. The van der Waals surface area contributed by atoms with Crippen molar-refractivity contribution < 1.29 is 19.4 Å². The van der Waals surface area contributed by atoms with Gasteiger partial charge in [0.25, 0.3) is 5.91 Å². The van der Waals surface area contributed by atoms with Crippen LogP contribution in [0.3, 0.4) is 0 Å². The van der Waals surface area contributed by atoms with Crippen molar-refractivity contribution in [3.8, 4) is 0 Å². The Kier molecular flexibility index (Phi) is 5.58. The number of aliphatic hydroxyl groups is 1. The molecule has 0 radical (unpaired) electrons. The van der Waals surface area contributed by atoms with Gasteiger partial charge >= 0.3 is 6.09 Å². The Labute approximate surface area is 166 Å². The predicted molar refractivity (Wildman–Crippen MR) is 105 cm³/mol. The molecule has 1 aliphatic rings. The van der Waals surface area contributed by atoms with Gasteiger partial charge < -0.3 is 15.2 Å². The van der Waals surface area contributed by atoms with E-state index in [4.69, 9.17) is 4.74 Å². The van der Waals surface area contributed by atoms with Crippen LogP contribution in [0, 0.1) is 0 Å². The van der Waals surface area contributed by atoms with Gasteiger partial charge in [-0.25, -0.2) is 4.79 Å². The Morgan fingerprint density at radius 3 is 2.56 bits per heavy atom. The summed E-state index contributed by atoms with van der Waals surface area (Å²) >= 11 is 3.40. The lowest BCUT2D eigenvalue weighted by atomic mass is 9.93. The quantitative estimate of drug-likeness (QED) is 0.747. The Hall–Kier alpha value is -1.93. The molecule has 1 aromatic carbocycles. The maximum Gasteiger partial charge on any atom is 0.435 e. The van der Waals surface area contributed by atoms with Gasteiger partial charge in [0.2, 0.25) is 0 Å². The summed E-state index contributed by atoms with van der Waals surface area (Å²) in [5.41, 5.74) is 0.0238. The minimum absolute atomic E-state index is 0.00483. The summed E-state index contributed by atoms with van der Waals surface area (Å²) in [6.45, 7) is 5.33. The number of halogens is 1. The standard InChI is InChI=1S/C19H24BrN3O4/c1-19(2,3)27-18(26)23-15-9-4-11(20)10-14(15)16(22-23)17(25)21-12-5-7-13(24)8-6-12/h4,9-10,12-13,24H,5-8H2,1-3H3,(H,21,25)/t12-,13-. The number of aromatic nitrogens is 2. The van der Waals surface area contributed by atoms with E-state index in [9.17, 15) is 14.7 Å². The van der Waals surface area contributed by atoms with Crippen LogP contribution in [-0.4, -0.2) is 44.6 Å². The molecule has 1 amide bonds. The van der Waals surface area contributed by atoms with E-state index in [-0.39, 0.29) is 23.7 Å². The number of carbonyl (C=O) groups is 2. The summed E-state index contributed by atoms with van der Waals surface area (Å²) in [6.07, 6.45) is 1.87. The van der Waals surface area contributed by atoms with Gasteiger partial charge in [0.1, 0.15) is 5.60 Å². The highest BCUT2D eigenvalue weighted by atomic mass is 79.9. The lowest BCUT2D eigenvalue weighted by Crippen LogP contribution is -2.39. The lowest BCUT2D eigenvalue weighted by Gasteiger charge is -2.25. The molecule has 7 nitrogen and oxygen atoms in total. The van der Waals surface area contributed by atoms with Crippen molar-refractivity contribution in [2.45, 2.75) is 64.2 Å². The van der Waals surface area contributed by atoms with E-state index >= 15 is 0 Å². The first kappa shape index (κ1) is 19.8. The number of fused-ring (bicyclic) bond motifs is 1. The molecule has 8 heteroatoms. The molecule has 1 aliphatic carbocycles. The first-order valence-corrected chi connectivity index (χ1v) is 9.84. The first-order valence-electron chi connectivity index (χ1n) is 9.04. The van der Waals surface area contributed by atoms with Crippen LogP contribution in [0.1, 0.15) is 56.9 Å². The van der Waals surface area contributed by atoms with E-state index in [1.54, 1.807) is 39.0 Å². The number of amides is 1. The van der Waals surface area contributed by atoms with Crippen molar-refractivity contribution in [3.63, 3.8) is 0 Å². The zero-order valence-electron chi connectivity index (χ0n) is 15.7. The molecule has 146 valence electrons. The van der Waals surface area contributed by atoms with Gasteiger partial charge in [-0.3, -0.25) is 4.79 Å². The number of carbonyl (C=O) groups excluding carboxylic acids is 2. The third-order valence-electron chi connectivity index (χ3n) is 4.46. The number of nitrogens with one attached hydrogen (secondary N) is 1. The fraction of sp³-hybridized carbons (Fsp3) is 0.526. The van der Waals surface area contributed by atoms with Gasteiger partial charge in [0, 0.05) is 15.9 Å². The van der Waals surface area contributed by atoms with Crippen LogP contribution in [0.5, 0.6) is 0 Å². The zero-order chi connectivity index (χ0) is 19.8. The lowest BCUT2D eigenvalue weighted by molar-refractivity contribution is 0.0522. The van der Waals surface area contributed by atoms with Crippen molar-refractivity contribution in [2.24, 2.45) is 0 Å². The van der Waals surface area contributed by atoms with Gasteiger partial charge in [-0.15, -0.1) is 0 Å². The number of ether oxygens (including phenoxy) is 1. The van der Waals surface area contributed by atoms with Crippen LogP contribution in [0.25, 0.3) is 10.9 Å². The molecule has 1 saturated carbocycles. The van der Waals surface area contributed by atoms with Crippen LogP contribution >= 0.6 is 15.9 Å². The molecule has 1 heterocycles. The van der Waals surface area contributed by atoms with Gasteiger partial charge in [-0.2, -0.15) is 9.78 Å². The van der Waals surface area contributed by atoms with Gasteiger partial charge in [0.15, 0.2) is 5.69 Å². The van der Waals surface area contributed by atoms with Crippen LogP contribution < -0.4 is 5.32 Å². The molecule has 0 saturated heterocycles. The van der Waals surface area contributed by atoms with Crippen molar-refractivity contribution in [1.29, 1.82) is 0 Å². The van der Waals surface area contributed by atoms with Crippen LogP contribution in [-0.2, 0) is 4.74 Å². The highest BCUT2D eigenvalue weighted by Crippen LogP contribution is 2.25. The second-order valence-corrected chi connectivity index (χ2v) is 8.80. The summed E-state index contributed by atoms with van der Waals surface area (Å²) in [6, 6.07) is 5.27. The van der Waals surface area contributed by atoms with Crippen molar-refractivity contribution >= 4 is 38.8 Å². The van der Waals surface area contributed by atoms with Crippen LogP contribution in [0.4, 0.5) is 4.79 Å². The molecular weight excluding hydrogens is 414 g/mol. The average molecular weight is 438 g/mol. The van der Waals surface area contributed by atoms with E-state index < -0.39 is 11.7 Å². The molecule has 2 N–H and O–H groups in total. The highest BCUT2D eigenvalue weighted by molar-refractivity contribution is 9.10. The maximum atomic E-state index is 12.8. The van der Waals surface area contributed by atoms with E-state index in [0.29, 0.717) is 23.7 Å². The molecule has 1 fully saturated rings. The molecule has 0 unspecified atom stereocenters. The predicted octanol–water partition coefficient (Wildman–Crippen LogP) is 3.62. The summed E-state index contributed by atoms with van der Waals surface area (Å²) in [5.74, 6) is -0.332. The van der Waals surface area contributed by atoms with Crippen molar-refractivity contribution in [1.82, 2.24) is 15.1 Å². The topological polar surface area (TPSA) is 93.5 Å². The molecule has 2 aromatic rings. The number of aliphatic hydroxyl groups excluding tert-OH is 1. The average Bonchev–Trinajstić information content (AvgIpc) is 2.94. The van der Waals surface area contributed by atoms with Crippen LogP contribution in [0.15, 0.2) is 22.7 Å². The molecule has 0 spiro atoms. The summed E-state index contributed by atoms with van der Waals surface area (Å²) in [5, 5.41) is 17.4. The SMILES string of the molecule is CC(C)(C)OC(=O)n1nc(C(=O)N[C@H]2CC[C@H](O)CC2)c2cc(Br)ccc21. The van der Waals surface area contributed by atoms with Crippen molar-refractivity contribution in [3.05, 3.63) is 28.4 Å². The van der Waals surface area contributed by atoms with Gasteiger partial charge in [0.05, 0.1) is 11.6 Å². The molecular formula is C19H24BrN3O4. The fourth-order valence-corrected chi connectivity index (χ4v) is 3.54. The largest absolute Gasteiger partial charge is 0.442 e. The Morgan fingerprint density at radius 1 is 1.26 bits per heavy atom. The van der Waals surface area contributed by atoms with E-state index in [0.717, 1.165) is 22.0 Å². The fourth-order valence-electron chi connectivity index (χ4n) is 3.18. The number of hydrogen-bond acceptors (Lipinski definition) is 5. The molecule has 27 heavy (non-hydrogen) atoms. The normalized spacial score (nSPS) is 20.5. The van der Waals surface area contributed by atoms with Gasteiger partial charge in [-0.05, 0) is 64.7 Å². The highest BCUT2D eigenvalue weighted by Gasteiger charge is 2.27. The summed E-state index contributed by atoms with van der Waals surface area (Å²) in [4.78, 5) is 25.4. The smallest absolute Gasteiger partial charge is 0.435 e. The van der Waals surface area contributed by atoms with E-state index in [1.165, 1.54) is 0 Å². The number of benzene rings is 1. The molecule has 0 atom stereocenters. The molecule has 1 aromatic heterocycles.